The lowest BCUT2D eigenvalue weighted by Crippen LogP contribution is -2.26. The van der Waals surface area contributed by atoms with Crippen LogP contribution in [0.2, 0.25) is 0 Å². The van der Waals surface area contributed by atoms with Gasteiger partial charge in [-0.15, -0.1) is 11.6 Å². The maximum Gasteiger partial charge on any atom is 0.234 e. The fourth-order valence-electron chi connectivity index (χ4n) is 0.804. The van der Waals surface area contributed by atoms with Crippen molar-refractivity contribution in [2.75, 3.05) is 12.4 Å². The fourth-order valence-corrected chi connectivity index (χ4v) is 0.898. The van der Waals surface area contributed by atoms with Gasteiger partial charge in [-0.25, -0.2) is 0 Å². The molecule has 0 unspecified atom stereocenters. The Labute approximate surface area is 80.5 Å². The molecular formula is C7H10ClN3O2. The van der Waals surface area contributed by atoms with E-state index in [1.165, 1.54) is 0 Å². The van der Waals surface area contributed by atoms with Crippen LogP contribution in [-0.2, 0) is 11.2 Å². The molecule has 1 heterocycles. The summed E-state index contributed by atoms with van der Waals surface area (Å²) < 4.78 is 4.75. The Bertz CT molecular complexity index is 287. The Morgan fingerprint density at radius 2 is 2.46 bits per heavy atom. The van der Waals surface area contributed by atoms with Gasteiger partial charge in [0.25, 0.3) is 0 Å². The van der Waals surface area contributed by atoms with E-state index in [0.717, 1.165) is 0 Å². The molecule has 72 valence electrons. The zero-order valence-electron chi connectivity index (χ0n) is 7.21. The van der Waals surface area contributed by atoms with Gasteiger partial charge in [0.1, 0.15) is 5.88 Å². The minimum absolute atomic E-state index is 0.0225. The van der Waals surface area contributed by atoms with Crippen molar-refractivity contribution < 1.29 is 9.32 Å². The summed E-state index contributed by atoms with van der Waals surface area (Å²) in [5, 5.41) is 6.27. The van der Waals surface area contributed by atoms with Crippen molar-refractivity contribution >= 4 is 17.5 Å². The molecule has 0 bridgehead atoms. The number of carbonyl (C=O) groups excluding carboxylic acids is 1. The third-order valence-corrected chi connectivity index (χ3v) is 1.60. The molecule has 13 heavy (non-hydrogen) atoms. The molecule has 0 aliphatic heterocycles. The van der Waals surface area contributed by atoms with E-state index in [0.29, 0.717) is 24.7 Å². The number of nitrogens with one attached hydrogen (secondary N) is 1. The van der Waals surface area contributed by atoms with Crippen LogP contribution in [0.3, 0.4) is 0 Å². The van der Waals surface area contributed by atoms with Crippen LogP contribution in [0.1, 0.15) is 11.7 Å². The first-order chi connectivity index (χ1) is 6.22. The quantitative estimate of drug-likeness (QED) is 0.714. The van der Waals surface area contributed by atoms with E-state index in [4.69, 9.17) is 16.1 Å². The highest BCUT2D eigenvalue weighted by Crippen LogP contribution is 1.94. The van der Waals surface area contributed by atoms with Gasteiger partial charge < -0.3 is 9.84 Å². The number of aryl methyl sites for hydroxylation is 1. The highest BCUT2D eigenvalue weighted by molar-refractivity contribution is 6.27. The molecule has 0 fully saturated rings. The van der Waals surface area contributed by atoms with E-state index in [9.17, 15) is 4.79 Å². The number of carbonyl (C=O) groups is 1. The van der Waals surface area contributed by atoms with Gasteiger partial charge in [0, 0.05) is 19.9 Å². The molecule has 1 aromatic rings. The Morgan fingerprint density at radius 1 is 1.69 bits per heavy atom. The topological polar surface area (TPSA) is 68.0 Å². The van der Waals surface area contributed by atoms with E-state index in [1.807, 2.05) is 0 Å². The summed E-state index contributed by atoms with van der Waals surface area (Å²) in [7, 11) is 0. The van der Waals surface area contributed by atoms with Gasteiger partial charge in [-0.1, -0.05) is 5.16 Å². The van der Waals surface area contributed by atoms with E-state index in [2.05, 4.69) is 15.5 Å². The summed E-state index contributed by atoms with van der Waals surface area (Å²) in [5.41, 5.74) is 0. The van der Waals surface area contributed by atoms with Gasteiger partial charge in [-0.2, -0.15) is 4.98 Å². The molecule has 0 aliphatic carbocycles. The van der Waals surface area contributed by atoms with Gasteiger partial charge in [0.2, 0.25) is 11.8 Å². The van der Waals surface area contributed by atoms with Crippen LogP contribution in [0, 0.1) is 6.92 Å². The van der Waals surface area contributed by atoms with Crippen molar-refractivity contribution in [2.45, 2.75) is 13.3 Å². The standard InChI is InChI=1S/C7H10ClN3O2/c1-5-10-6(11-13-5)2-3-9-7(12)4-8/h2-4H2,1H3,(H,9,12). The second kappa shape index (κ2) is 4.81. The van der Waals surface area contributed by atoms with Gasteiger partial charge in [-0.05, 0) is 0 Å². The van der Waals surface area contributed by atoms with Gasteiger partial charge in [-0.3, -0.25) is 4.79 Å². The van der Waals surface area contributed by atoms with Crippen molar-refractivity contribution in [3.8, 4) is 0 Å². The predicted molar refractivity (Wildman–Crippen MR) is 46.5 cm³/mol. The molecule has 0 aromatic carbocycles. The van der Waals surface area contributed by atoms with Gasteiger partial charge >= 0.3 is 0 Å². The number of hydrogen-bond acceptors (Lipinski definition) is 4. The first-order valence-electron chi connectivity index (χ1n) is 3.84. The summed E-state index contributed by atoms with van der Waals surface area (Å²) in [5.74, 6) is 0.901. The Hall–Kier alpha value is -1.10. The van der Waals surface area contributed by atoms with Crippen LogP contribution in [0.25, 0.3) is 0 Å². The van der Waals surface area contributed by atoms with E-state index >= 15 is 0 Å². The molecule has 0 aliphatic rings. The summed E-state index contributed by atoms with van der Waals surface area (Å²) in [6.45, 7) is 2.19. The average molecular weight is 204 g/mol. The normalized spacial score (nSPS) is 10.0. The van der Waals surface area contributed by atoms with E-state index in [-0.39, 0.29) is 11.8 Å². The van der Waals surface area contributed by atoms with Crippen molar-refractivity contribution in [1.29, 1.82) is 0 Å². The Kier molecular flexibility index (Phi) is 3.70. The first kappa shape index (κ1) is 9.98. The first-order valence-corrected chi connectivity index (χ1v) is 4.37. The summed E-state index contributed by atoms with van der Waals surface area (Å²) in [6, 6.07) is 0. The third kappa shape index (κ3) is 3.42. The molecule has 1 amide bonds. The fraction of sp³-hybridized carbons (Fsp3) is 0.571. The Balaban J connectivity index is 2.24. The zero-order valence-corrected chi connectivity index (χ0v) is 7.97. The SMILES string of the molecule is Cc1nc(CCNC(=O)CCl)no1. The van der Waals surface area contributed by atoms with Crippen LogP contribution >= 0.6 is 11.6 Å². The number of halogens is 1. The van der Waals surface area contributed by atoms with Crippen LogP contribution in [0.5, 0.6) is 0 Å². The lowest BCUT2D eigenvalue weighted by molar-refractivity contribution is -0.118. The molecule has 0 spiro atoms. The number of aromatic nitrogens is 2. The van der Waals surface area contributed by atoms with Crippen LogP contribution in [-0.4, -0.2) is 28.5 Å². The highest BCUT2D eigenvalue weighted by atomic mass is 35.5. The summed E-state index contributed by atoms with van der Waals surface area (Å²) >= 11 is 5.28. The zero-order chi connectivity index (χ0) is 9.68. The second-order valence-electron chi connectivity index (χ2n) is 2.46. The van der Waals surface area contributed by atoms with E-state index < -0.39 is 0 Å². The largest absolute Gasteiger partial charge is 0.355 e. The molecule has 1 aromatic heterocycles. The number of rotatable bonds is 4. The molecule has 5 nitrogen and oxygen atoms in total. The Morgan fingerprint density at radius 3 is 3.00 bits per heavy atom. The lowest BCUT2D eigenvalue weighted by atomic mass is 10.4. The molecule has 1 N–H and O–H groups in total. The maximum absolute atomic E-state index is 10.7. The van der Waals surface area contributed by atoms with Crippen molar-refractivity contribution in [1.82, 2.24) is 15.5 Å². The van der Waals surface area contributed by atoms with Crippen LogP contribution in [0.4, 0.5) is 0 Å². The molecule has 6 heteroatoms. The summed E-state index contributed by atoms with van der Waals surface area (Å²) in [6.07, 6.45) is 0.556. The minimum Gasteiger partial charge on any atom is -0.355 e. The third-order valence-electron chi connectivity index (χ3n) is 1.36. The monoisotopic (exact) mass is 203 g/mol. The number of alkyl halides is 1. The molecule has 0 saturated heterocycles. The number of hydrogen-bond donors (Lipinski definition) is 1. The van der Waals surface area contributed by atoms with Crippen molar-refractivity contribution in [3.05, 3.63) is 11.7 Å². The van der Waals surface area contributed by atoms with E-state index in [1.54, 1.807) is 6.92 Å². The van der Waals surface area contributed by atoms with Crippen molar-refractivity contribution in [2.24, 2.45) is 0 Å². The molecule has 0 atom stereocenters. The lowest BCUT2D eigenvalue weighted by Gasteiger charge is -1.98. The number of nitrogens with zero attached hydrogens (tertiary/aromatic N) is 2. The van der Waals surface area contributed by atoms with Crippen LogP contribution < -0.4 is 5.32 Å². The number of amides is 1. The second-order valence-corrected chi connectivity index (χ2v) is 2.73. The molecule has 1 rings (SSSR count). The predicted octanol–water partition coefficient (Wildman–Crippen LogP) is 0.276. The van der Waals surface area contributed by atoms with Crippen molar-refractivity contribution in [3.63, 3.8) is 0 Å². The van der Waals surface area contributed by atoms with Gasteiger partial charge in [0.15, 0.2) is 5.82 Å². The molecular weight excluding hydrogens is 194 g/mol. The molecule has 0 saturated carbocycles. The smallest absolute Gasteiger partial charge is 0.234 e. The summed E-state index contributed by atoms with van der Waals surface area (Å²) in [4.78, 5) is 14.7. The van der Waals surface area contributed by atoms with Gasteiger partial charge in [0.05, 0.1) is 0 Å². The average Bonchev–Trinajstić information content (AvgIpc) is 2.51. The van der Waals surface area contributed by atoms with Crippen LogP contribution in [0.15, 0.2) is 4.52 Å². The highest BCUT2D eigenvalue weighted by Gasteiger charge is 2.02. The maximum atomic E-state index is 10.7. The minimum atomic E-state index is -0.193. The molecule has 0 radical (unpaired) electrons.